The summed E-state index contributed by atoms with van der Waals surface area (Å²) in [6.07, 6.45) is 8.45. The Morgan fingerprint density at radius 3 is 2.55 bits per heavy atom. The number of halogens is 1. The van der Waals surface area contributed by atoms with Crippen LogP contribution < -0.4 is 21.5 Å². The van der Waals surface area contributed by atoms with Gasteiger partial charge >= 0.3 is 5.97 Å². The Labute approximate surface area is 298 Å². The van der Waals surface area contributed by atoms with Gasteiger partial charge in [-0.1, -0.05) is 75.4 Å². The molecule has 3 aliphatic carbocycles. The predicted molar refractivity (Wildman–Crippen MR) is 183 cm³/mol. The standard InChI is InChI=1S/C38H47N2O4S2.BrH/c1-7-36(5)20-31(37(6)25(3)12-16-38(26(4)34(36)43)17-13-30(41)33(37)38)44-32(42)23-46-35-39-29(22-45-35)28-14-18-40(19-15-28)21-27-10-8-24(2)9-11-27;/h7-11,14-15,18-19,22,25-26,31,33-34,43H,1,12-13,16-17,20-21,23H2,2-6H3;1H/q+1;/p-1/t25-,26+,31-,33+,34+,36-,37+,38+;/m1./s1. The molecule has 1 aromatic carbocycles. The molecule has 2 heterocycles. The molecular weight excluding hydrogens is 692 g/mol. The van der Waals surface area contributed by atoms with Gasteiger partial charge in [-0.3, -0.25) is 9.59 Å². The zero-order valence-corrected chi connectivity index (χ0v) is 31.3. The van der Waals surface area contributed by atoms with Crippen molar-refractivity contribution in [2.75, 3.05) is 5.75 Å². The maximum absolute atomic E-state index is 13.6. The topological polar surface area (TPSA) is 80.4 Å². The highest BCUT2D eigenvalue weighted by Gasteiger charge is 2.68. The number of thioether (sulfide) groups is 1. The Bertz CT molecular complexity index is 1610. The summed E-state index contributed by atoms with van der Waals surface area (Å²) >= 11 is 2.91. The van der Waals surface area contributed by atoms with Crippen LogP contribution in [0.3, 0.4) is 0 Å². The number of Topliss-reactive ketones (excluding diaryl/α,β-unsaturated/α-hetero) is 1. The molecule has 0 radical (unpaired) electrons. The van der Waals surface area contributed by atoms with Crippen LogP contribution >= 0.6 is 23.1 Å². The summed E-state index contributed by atoms with van der Waals surface area (Å²) in [5.41, 5.74) is 2.98. The number of benzene rings is 1. The van der Waals surface area contributed by atoms with Crippen molar-refractivity contribution < 1.29 is 41.0 Å². The van der Waals surface area contributed by atoms with Gasteiger partial charge in [-0.25, -0.2) is 9.55 Å². The minimum absolute atomic E-state index is 0. The Kier molecular flexibility index (Phi) is 10.6. The van der Waals surface area contributed by atoms with E-state index in [0.717, 1.165) is 41.4 Å². The van der Waals surface area contributed by atoms with Gasteiger partial charge < -0.3 is 26.8 Å². The molecule has 3 fully saturated rings. The van der Waals surface area contributed by atoms with E-state index in [2.05, 4.69) is 87.6 Å². The first-order valence-electron chi connectivity index (χ1n) is 16.6. The first-order valence-corrected chi connectivity index (χ1v) is 18.4. The molecule has 6 nitrogen and oxygen atoms in total. The van der Waals surface area contributed by atoms with Gasteiger partial charge in [-0.2, -0.15) is 0 Å². The molecule has 6 rings (SSSR count). The molecule has 0 spiro atoms. The lowest BCUT2D eigenvalue weighted by Gasteiger charge is -2.61. The summed E-state index contributed by atoms with van der Waals surface area (Å²) in [4.78, 5) is 32.0. The van der Waals surface area contributed by atoms with Crippen molar-refractivity contribution in [3.8, 4) is 11.3 Å². The molecule has 3 saturated carbocycles. The molecular formula is C38H47BrN2O4S2. The summed E-state index contributed by atoms with van der Waals surface area (Å²) in [7, 11) is 0. The predicted octanol–water partition coefficient (Wildman–Crippen LogP) is 4.46. The number of aromatic nitrogens is 2. The van der Waals surface area contributed by atoms with E-state index in [-0.39, 0.29) is 57.7 Å². The number of carbonyl (C=O) groups excluding carboxylic acids is 2. The van der Waals surface area contributed by atoms with Crippen LogP contribution in [0.25, 0.3) is 11.3 Å². The third-order valence-electron chi connectivity index (χ3n) is 12.0. The number of ketones is 1. The SMILES string of the molecule is C=C[C@]1(C)C[C@@H](OC(=O)CSc2nc(-c3cc[n+](Cc4ccc(C)cc4)cc3)cs2)[C@]2(C)[C@H](C)CC[C@]3(CCC(=O)[C@H]32)[C@@H](C)[C@@H]1O.[Br-]. The van der Waals surface area contributed by atoms with Gasteiger partial charge in [0.15, 0.2) is 23.3 Å². The van der Waals surface area contributed by atoms with Gasteiger partial charge in [0.2, 0.25) is 0 Å². The van der Waals surface area contributed by atoms with E-state index < -0.39 is 23.0 Å². The molecule has 0 saturated heterocycles. The molecule has 9 heteroatoms. The van der Waals surface area contributed by atoms with Crippen LogP contribution in [0.5, 0.6) is 0 Å². The number of esters is 1. The summed E-state index contributed by atoms with van der Waals surface area (Å²) in [5, 5.41) is 13.8. The lowest BCUT2D eigenvalue weighted by molar-refractivity contribution is -0.688. The summed E-state index contributed by atoms with van der Waals surface area (Å²) in [5.74, 6) is 0.0184. The number of hydrogen-bond donors (Lipinski definition) is 1. The highest BCUT2D eigenvalue weighted by atomic mass is 79.9. The molecule has 0 unspecified atom stereocenters. The Morgan fingerprint density at radius 1 is 1.17 bits per heavy atom. The third kappa shape index (κ3) is 6.54. The van der Waals surface area contributed by atoms with Crippen molar-refractivity contribution in [3.05, 3.63) is 78.0 Å². The molecule has 8 atom stereocenters. The fraction of sp³-hybridized carbons (Fsp3) is 0.526. The maximum Gasteiger partial charge on any atom is 0.316 e. The van der Waals surface area contributed by atoms with E-state index in [1.807, 2.05) is 18.4 Å². The number of rotatable bonds is 8. The van der Waals surface area contributed by atoms with Gasteiger partial charge in [0.05, 0.1) is 17.6 Å². The van der Waals surface area contributed by atoms with Crippen molar-refractivity contribution in [2.45, 2.75) is 89.8 Å². The zero-order valence-electron chi connectivity index (χ0n) is 28.1. The van der Waals surface area contributed by atoms with E-state index in [4.69, 9.17) is 9.72 Å². The molecule has 1 N–H and O–H groups in total. The molecule has 3 aromatic rings. The van der Waals surface area contributed by atoms with E-state index in [9.17, 15) is 14.7 Å². The van der Waals surface area contributed by atoms with Crippen molar-refractivity contribution in [3.63, 3.8) is 0 Å². The number of pyridine rings is 1. The van der Waals surface area contributed by atoms with Crippen LogP contribution in [0, 0.1) is 40.9 Å². The van der Waals surface area contributed by atoms with Crippen LogP contribution in [0.4, 0.5) is 0 Å². The average molecular weight is 740 g/mol. The zero-order chi connectivity index (χ0) is 32.9. The fourth-order valence-electron chi connectivity index (χ4n) is 8.91. The van der Waals surface area contributed by atoms with Crippen LogP contribution in [0.15, 0.2) is 71.2 Å². The summed E-state index contributed by atoms with van der Waals surface area (Å²) < 4.78 is 9.36. The fourth-order valence-corrected chi connectivity index (χ4v) is 10.5. The molecule has 0 aliphatic heterocycles. The highest BCUT2D eigenvalue weighted by molar-refractivity contribution is 8.01. The smallest absolute Gasteiger partial charge is 0.316 e. The third-order valence-corrected chi connectivity index (χ3v) is 14.0. The number of aliphatic hydroxyl groups is 1. The van der Waals surface area contributed by atoms with E-state index in [1.54, 1.807) is 0 Å². The monoisotopic (exact) mass is 738 g/mol. The van der Waals surface area contributed by atoms with E-state index >= 15 is 0 Å². The molecule has 2 aromatic heterocycles. The summed E-state index contributed by atoms with van der Waals surface area (Å²) in [6.45, 7) is 15.5. The second kappa shape index (κ2) is 13.9. The number of aryl methyl sites for hydroxylation is 1. The van der Waals surface area contributed by atoms with Crippen LogP contribution in [-0.4, -0.2) is 39.8 Å². The van der Waals surface area contributed by atoms with E-state index in [0.29, 0.717) is 12.8 Å². The molecule has 0 amide bonds. The number of aliphatic hydroxyl groups excluding tert-OH is 1. The second-order valence-corrected chi connectivity index (χ2v) is 16.7. The largest absolute Gasteiger partial charge is 1.00 e. The Morgan fingerprint density at radius 2 is 1.87 bits per heavy atom. The van der Waals surface area contributed by atoms with Gasteiger partial charge in [0, 0.05) is 51.8 Å². The van der Waals surface area contributed by atoms with Gasteiger partial charge in [-0.05, 0) is 49.9 Å². The van der Waals surface area contributed by atoms with Crippen molar-refractivity contribution in [1.82, 2.24) is 4.98 Å². The first-order chi connectivity index (χ1) is 21.9. The number of nitrogens with zero attached hydrogens (tertiary/aromatic N) is 2. The van der Waals surface area contributed by atoms with Crippen LogP contribution in [-0.2, 0) is 20.9 Å². The van der Waals surface area contributed by atoms with Gasteiger partial charge in [0.25, 0.3) is 0 Å². The number of carbonyl (C=O) groups is 2. The molecule has 47 heavy (non-hydrogen) atoms. The number of thiazole rings is 1. The quantitative estimate of drug-likeness (QED) is 0.159. The van der Waals surface area contributed by atoms with Crippen molar-refractivity contribution in [2.24, 2.45) is 34.0 Å². The minimum atomic E-state index is -0.671. The van der Waals surface area contributed by atoms with Gasteiger partial charge in [-0.15, -0.1) is 17.9 Å². The minimum Gasteiger partial charge on any atom is -1.00 e. The van der Waals surface area contributed by atoms with E-state index in [1.165, 1.54) is 34.2 Å². The lowest BCUT2D eigenvalue weighted by Crippen LogP contribution is -3.00. The number of hydrogen-bond acceptors (Lipinski definition) is 7. The molecule has 3 aliphatic rings. The molecule has 252 valence electrons. The van der Waals surface area contributed by atoms with Gasteiger partial charge in [0.1, 0.15) is 11.9 Å². The second-order valence-electron chi connectivity index (χ2n) is 14.6. The number of ether oxygens (including phenoxy) is 1. The van der Waals surface area contributed by atoms with Crippen LogP contribution in [0.2, 0.25) is 0 Å². The summed E-state index contributed by atoms with van der Waals surface area (Å²) in [6, 6.07) is 12.7. The van der Waals surface area contributed by atoms with Crippen LogP contribution in [0.1, 0.15) is 70.9 Å². The molecule has 2 bridgehead atoms. The Hall–Kier alpha value is -2.33. The van der Waals surface area contributed by atoms with Crippen molar-refractivity contribution >= 4 is 34.9 Å². The first kappa shape index (κ1) is 36.0. The normalized spacial score (nSPS) is 33.2. The Balaban J connectivity index is 0.00000433. The maximum atomic E-state index is 13.6. The van der Waals surface area contributed by atoms with Crippen molar-refractivity contribution in [1.29, 1.82) is 0 Å². The average Bonchev–Trinajstić information content (AvgIpc) is 3.67. The highest BCUT2D eigenvalue weighted by Crippen LogP contribution is 2.68. The lowest BCUT2D eigenvalue weighted by atomic mass is 9.44.